The summed E-state index contributed by atoms with van der Waals surface area (Å²) in [6.45, 7) is 5.85. The minimum atomic E-state index is -0.534. The predicted octanol–water partition coefficient (Wildman–Crippen LogP) is 3.69. The van der Waals surface area contributed by atoms with Gasteiger partial charge in [-0.05, 0) is 50.6 Å². The number of pyridine rings is 1. The van der Waals surface area contributed by atoms with Gasteiger partial charge in [0.15, 0.2) is 11.5 Å². The van der Waals surface area contributed by atoms with Gasteiger partial charge in [-0.1, -0.05) is 0 Å². The van der Waals surface area contributed by atoms with Crippen LogP contribution in [0.15, 0.2) is 30.6 Å². The lowest BCUT2D eigenvalue weighted by molar-refractivity contribution is 0.618. The molecule has 6 nitrogen and oxygen atoms in total. The standard InChI is InChI=1S/C17H14ClFN6/c1-9-4-5-10(2)25(9)17-22-15-11(3)12(6-7-24(15)23-17)14-13(19)8-20-16(18)21-14/h4-8H,1-3H3. The Morgan fingerprint density at radius 1 is 1.04 bits per heavy atom. The molecule has 4 rings (SSSR count). The van der Waals surface area contributed by atoms with Gasteiger partial charge in [0, 0.05) is 28.7 Å². The van der Waals surface area contributed by atoms with E-state index in [-0.39, 0.29) is 11.0 Å². The molecule has 4 aromatic rings. The number of hydrogen-bond acceptors (Lipinski definition) is 4. The van der Waals surface area contributed by atoms with Gasteiger partial charge >= 0.3 is 0 Å². The molecule has 0 N–H and O–H groups in total. The molecule has 0 unspecified atom stereocenters. The number of aryl methyl sites for hydroxylation is 3. The Morgan fingerprint density at radius 3 is 2.48 bits per heavy atom. The third-order valence-electron chi connectivity index (χ3n) is 4.18. The van der Waals surface area contributed by atoms with E-state index in [2.05, 4.69) is 20.1 Å². The molecular formula is C17H14ClFN6. The lowest BCUT2D eigenvalue weighted by atomic mass is 10.1. The molecule has 0 aliphatic heterocycles. The molecule has 0 aliphatic rings. The summed E-state index contributed by atoms with van der Waals surface area (Å²) in [4.78, 5) is 12.3. The Hall–Kier alpha value is -2.80. The Balaban J connectivity index is 1.93. The molecule has 126 valence electrons. The van der Waals surface area contributed by atoms with Gasteiger partial charge in [-0.25, -0.2) is 18.9 Å². The quantitative estimate of drug-likeness (QED) is 0.514. The van der Waals surface area contributed by atoms with Crippen molar-refractivity contribution in [3.05, 3.63) is 58.6 Å². The Labute approximate surface area is 147 Å². The van der Waals surface area contributed by atoms with Crippen molar-refractivity contribution >= 4 is 17.2 Å². The summed E-state index contributed by atoms with van der Waals surface area (Å²) in [7, 11) is 0. The van der Waals surface area contributed by atoms with Gasteiger partial charge in [-0.3, -0.25) is 4.57 Å². The third-order valence-corrected chi connectivity index (χ3v) is 4.36. The van der Waals surface area contributed by atoms with Gasteiger partial charge in [0.2, 0.25) is 5.28 Å². The average molecular weight is 357 g/mol. The summed E-state index contributed by atoms with van der Waals surface area (Å²) in [5, 5.41) is 4.53. The number of rotatable bonds is 2. The summed E-state index contributed by atoms with van der Waals surface area (Å²) in [5.74, 6) is 0.0372. The highest BCUT2D eigenvalue weighted by atomic mass is 35.5. The van der Waals surface area contributed by atoms with Gasteiger partial charge in [-0.15, -0.1) is 5.10 Å². The number of aromatic nitrogens is 6. The lowest BCUT2D eigenvalue weighted by Gasteiger charge is -2.06. The van der Waals surface area contributed by atoms with Gasteiger partial charge in [-0.2, -0.15) is 4.98 Å². The van der Waals surface area contributed by atoms with Crippen LogP contribution in [0.3, 0.4) is 0 Å². The summed E-state index contributed by atoms with van der Waals surface area (Å²) >= 11 is 5.82. The summed E-state index contributed by atoms with van der Waals surface area (Å²) in [5.41, 5.74) is 4.23. The van der Waals surface area contributed by atoms with Crippen LogP contribution in [-0.2, 0) is 0 Å². The van der Waals surface area contributed by atoms with Crippen LogP contribution < -0.4 is 0 Å². The van der Waals surface area contributed by atoms with Crippen LogP contribution in [-0.4, -0.2) is 29.1 Å². The van der Waals surface area contributed by atoms with Crippen molar-refractivity contribution in [3.63, 3.8) is 0 Å². The fraction of sp³-hybridized carbons (Fsp3) is 0.176. The number of hydrogen-bond donors (Lipinski definition) is 0. The first kappa shape index (κ1) is 15.7. The average Bonchev–Trinajstić information content (AvgIpc) is 3.14. The maximum absolute atomic E-state index is 14.1. The van der Waals surface area contributed by atoms with E-state index >= 15 is 0 Å². The second-order valence-corrected chi connectivity index (χ2v) is 6.16. The van der Waals surface area contributed by atoms with E-state index in [4.69, 9.17) is 11.6 Å². The molecule has 0 bridgehead atoms. The first-order chi connectivity index (χ1) is 12.0. The van der Waals surface area contributed by atoms with Gasteiger partial charge in [0.05, 0.1) is 6.20 Å². The van der Waals surface area contributed by atoms with E-state index in [1.54, 1.807) is 16.8 Å². The molecule has 0 aliphatic carbocycles. The molecule has 0 saturated heterocycles. The lowest BCUT2D eigenvalue weighted by Crippen LogP contribution is -2.01. The van der Waals surface area contributed by atoms with Crippen LogP contribution in [0, 0.1) is 26.6 Å². The van der Waals surface area contributed by atoms with E-state index < -0.39 is 5.82 Å². The summed E-state index contributed by atoms with van der Waals surface area (Å²) in [6.07, 6.45) is 2.80. The third kappa shape index (κ3) is 2.47. The molecular weight excluding hydrogens is 343 g/mol. The molecule has 8 heteroatoms. The Morgan fingerprint density at radius 2 is 1.76 bits per heavy atom. The molecule has 0 spiro atoms. The second-order valence-electron chi connectivity index (χ2n) is 5.82. The van der Waals surface area contributed by atoms with Crippen molar-refractivity contribution in [2.24, 2.45) is 0 Å². The van der Waals surface area contributed by atoms with Crippen LogP contribution in [0.4, 0.5) is 4.39 Å². The molecule has 0 radical (unpaired) electrons. The predicted molar refractivity (Wildman–Crippen MR) is 92.5 cm³/mol. The van der Waals surface area contributed by atoms with Crippen molar-refractivity contribution in [2.75, 3.05) is 0 Å². The van der Waals surface area contributed by atoms with E-state index in [1.165, 1.54) is 0 Å². The van der Waals surface area contributed by atoms with Gasteiger partial charge < -0.3 is 0 Å². The highest BCUT2D eigenvalue weighted by Gasteiger charge is 2.17. The minimum Gasteiger partial charge on any atom is -0.286 e. The van der Waals surface area contributed by atoms with Crippen molar-refractivity contribution in [3.8, 4) is 17.2 Å². The number of halogens is 2. The van der Waals surface area contributed by atoms with Crippen molar-refractivity contribution < 1.29 is 4.39 Å². The smallest absolute Gasteiger partial charge is 0.254 e. The van der Waals surface area contributed by atoms with Crippen molar-refractivity contribution in [2.45, 2.75) is 20.8 Å². The largest absolute Gasteiger partial charge is 0.286 e. The molecule has 0 saturated carbocycles. The monoisotopic (exact) mass is 356 g/mol. The molecule has 4 aromatic heterocycles. The zero-order valence-electron chi connectivity index (χ0n) is 13.8. The van der Waals surface area contributed by atoms with Crippen LogP contribution in [0.2, 0.25) is 5.28 Å². The Bertz CT molecular complexity index is 1090. The molecule has 0 fully saturated rings. The highest BCUT2D eigenvalue weighted by molar-refractivity contribution is 6.28. The molecule has 0 atom stereocenters. The first-order valence-electron chi connectivity index (χ1n) is 7.65. The van der Waals surface area contributed by atoms with Crippen molar-refractivity contribution in [1.29, 1.82) is 0 Å². The van der Waals surface area contributed by atoms with Gasteiger partial charge in [0.25, 0.3) is 5.95 Å². The van der Waals surface area contributed by atoms with Crippen LogP contribution in [0.1, 0.15) is 17.0 Å². The Kier molecular flexibility index (Phi) is 3.54. The maximum Gasteiger partial charge on any atom is 0.254 e. The fourth-order valence-corrected chi connectivity index (χ4v) is 3.07. The molecule has 0 amide bonds. The molecule has 25 heavy (non-hydrogen) atoms. The molecule has 4 heterocycles. The highest BCUT2D eigenvalue weighted by Crippen LogP contribution is 2.27. The van der Waals surface area contributed by atoms with Crippen LogP contribution in [0.25, 0.3) is 22.9 Å². The normalized spacial score (nSPS) is 11.4. The summed E-state index contributed by atoms with van der Waals surface area (Å²) in [6, 6.07) is 5.77. The number of nitrogens with zero attached hydrogens (tertiary/aromatic N) is 6. The number of fused-ring (bicyclic) bond motifs is 1. The minimum absolute atomic E-state index is 0.00331. The molecule has 0 aromatic carbocycles. The van der Waals surface area contributed by atoms with Crippen LogP contribution >= 0.6 is 11.6 Å². The van der Waals surface area contributed by atoms with E-state index in [1.807, 2.05) is 37.5 Å². The second kappa shape index (κ2) is 5.63. The topological polar surface area (TPSA) is 60.9 Å². The zero-order chi connectivity index (χ0) is 17.7. The van der Waals surface area contributed by atoms with Gasteiger partial charge in [0.1, 0.15) is 5.69 Å². The first-order valence-corrected chi connectivity index (χ1v) is 8.03. The maximum atomic E-state index is 14.1. The van der Waals surface area contributed by atoms with Crippen LogP contribution in [0.5, 0.6) is 0 Å². The SMILES string of the molecule is Cc1c(-c2nc(Cl)ncc2F)ccn2nc(-n3c(C)ccc3C)nc12. The van der Waals surface area contributed by atoms with E-state index in [0.717, 1.165) is 23.1 Å². The zero-order valence-corrected chi connectivity index (χ0v) is 14.6. The summed E-state index contributed by atoms with van der Waals surface area (Å²) < 4.78 is 17.8. The van der Waals surface area contributed by atoms with Crippen molar-refractivity contribution in [1.82, 2.24) is 29.1 Å². The van der Waals surface area contributed by atoms with E-state index in [0.29, 0.717) is 17.2 Å². The van der Waals surface area contributed by atoms with E-state index in [9.17, 15) is 4.39 Å². The fourth-order valence-electron chi connectivity index (χ4n) is 2.93.